The van der Waals surface area contributed by atoms with Crippen molar-refractivity contribution in [3.63, 3.8) is 0 Å². The van der Waals surface area contributed by atoms with Gasteiger partial charge >= 0.3 is 5.97 Å². The maximum Gasteiger partial charge on any atom is 0.357 e. The van der Waals surface area contributed by atoms with Crippen molar-refractivity contribution in [2.45, 2.75) is 30.4 Å². The number of rotatable bonds is 5. The number of esters is 1. The van der Waals surface area contributed by atoms with Gasteiger partial charge in [-0.1, -0.05) is 12.8 Å². The van der Waals surface area contributed by atoms with Gasteiger partial charge < -0.3 is 10.1 Å². The summed E-state index contributed by atoms with van der Waals surface area (Å²) in [6.07, 6.45) is 7.32. The lowest BCUT2D eigenvalue weighted by molar-refractivity contribution is 0.0595. The van der Waals surface area contributed by atoms with Crippen molar-refractivity contribution >= 4 is 34.2 Å². The molecule has 0 saturated heterocycles. The third-order valence-corrected chi connectivity index (χ3v) is 5.63. The van der Waals surface area contributed by atoms with Gasteiger partial charge in [0.1, 0.15) is 0 Å². The smallest absolute Gasteiger partial charge is 0.357 e. The highest BCUT2D eigenvalue weighted by atomic mass is 32.2. The molecule has 0 spiro atoms. The first-order valence-electron chi connectivity index (χ1n) is 6.02. The van der Waals surface area contributed by atoms with Gasteiger partial charge in [0, 0.05) is 16.7 Å². The molecule has 0 amide bonds. The van der Waals surface area contributed by atoms with Crippen LogP contribution in [0.25, 0.3) is 0 Å². The number of ether oxygens (including phenoxy) is 1. The van der Waals surface area contributed by atoms with E-state index in [4.69, 9.17) is 0 Å². The Labute approximate surface area is 116 Å². The molecule has 0 atom stereocenters. The Morgan fingerprint density at radius 3 is 2.94 bits per heavy atom. The molecule has 1 N–H and O–H groups in total. The minimum Gasteiger partial charge on any atom is -0.464 e. The van der Waals surface area contributed by atoms with E-state index < -0.39 is 0 Å². The number of anilines is 1. The van der Waals surface area contributed by atoms with Crippen molar-refractivity contribution in [3.05, 3.63) is 11.1 Å². The first-order valence-corrected chi connectivity index (χ1v) is 8.12. The zero-order valence-electron chi connectivity index (χ0n) is 10.7. The van der Waals surface area contributed by atoms with Crippen molar-refractivity contribution in [1.29, 1.82) is 0 Å². The van der Waals surface area contributed by atoms with Gasteiger partial charge in [-0.25, -0.2) is 9.78 Å². The first-order chi connectivity index (χ1) is 8.69. The van der Waals surface area contributed by atoms with Gasteiger partial charge in [-0.15, -0.1) is 11.3 Å². The minimum absolute atomic E-state index is 0.344. The fourth-order valence-corrected chi connectivity index (χ4v) is 3.85. The average Bonchev–Trinajstić information content (AvgIpc) is 3.05. The van der Waals surface area contributed by atoms with Gasteiger partial charge in [0.2, 0.25) is 0 Å². The molecule has 18 heavy (non-hydrogen) atoms. The van der Waals surface area contributed by atoms with Gasteiger partial charge in [-0.2, -0.15) is 11.8 Å². The fourth-order valence-electron chi connectivity index (χ4n) is 2.26. The van der Waals surface area contributed by atoms with Crippen LogP contribution in [-0.4, -0.2) is 35.6 Å². The van der Waals surface area contributed by atoms with Crippen LogP contribution in [0.1, 0.15) is 36.2 Å². The lowest BCUT2D eigenvalue weighted by atomic mass is 10.1. The predicted molar refractivity (Wildman–Crippen MR) is 76.7 cm³/mol. The van der Waals surface area contributed by atoms with Crippen LogP contribution in [0.5, 0.6) is 0 Å². The second-order valence-electron chi connectivity index (χ2n) is 4.48. The number of methoxy groups -OCH3 is 1. The lowest BCUT2D eigenvalue weighted by Gasteiger charge is -2.26. The molecule has 1 aromatic heterocycles. The Hall–Kier alpha value is -0.750. The van der Waals surface area contributed by atoms with Crippen LogP contribution < -0.4 is 5.32 Å². The van der Waals surface area contributed by atoms with E-state index in [1.54, 1.807) is 5.38 Å². The van der Waals surface area contributed by atoms with Crippen LogP contribution in [0.3, 0.4) is 0 Å². The standard InChI is InChI=1S/C12H18N2O2S2/c1-16-10(15)9-7-18-11(14-9)13-8-12(17-2)5-3-4-6-12/h7H,3-6,8H2,1-2H3,(H,13,14). The van der Waals surface area contributed by atoms with E-state index in [9.17, 15) is 4.79 Å². The molecule has 2 rings (SSSR count). The Balaban J connectivity index is 1.93. The summed E-state index contributed by atoms with van der Waals surface area (Å²) >= 11 is 3.39. The number of nitrogens with one attached hydrogen (secondary N) is 1. The Bertz CT molecular complexity index is 414. The molecule has 1 aliphatic carbocycles. The fraction of sp³-hybridized carbons (Fsp3) is 0.667. The molecule has 0 aliphatic heterocycles. The molecule has 1 fully saturated rings. The van der Waals surface area contributed by atoms with Gasteiger partial charge in [-0.05, 0) is 19.1 Å². The molecular weight excluding hydrogens is 268 g/mol. The second-order valence-corrected chi connectivity index (χ2v) is 6.61. The molecule has 0 radical (unpaired) electrons. The Kier molecular flexibility index (Phi) is 4.50. The van der Waals surface area contributed by atoms with Crippen molar-refractivity contribution in [3.8, 4) is 0 Å². The summed E-state index contributed by atoms with van der Waals surface area (Å²) in [7, 11) is 1.37. The van der Waals surface area contributed by atoms with Crippen molar-refractivity contribution in [2.75, 3.05) is 25.2 Å². The zero-order valence-corrected chi connectivity index (χ0v) is 12.3. The summed E-state index contributed by atoms with van der Waals surface area (Å²) in [6, 6.07) is 0. The average molecular weight is 286 g/mol. The molecule has 6 heteroatoms. The van der Waals surface area contributed by atoms with Gasteiger partial charge in [-0.3, -0.25) is 0 Å². The summed E-state index contributed by atoms with van der Waals surface area (Å²) in [6.45, 7) is 0.919. The number of aromatic nitrogens is 1. The quantitative estimate of drug-likeness (QED) is 0.843. The van der Waals surface area contributed by atoms with Crippen LogP contribution in [0.2, 0.25) is 0 Å². The highest BCUT2D eigenvalue weighted by molar-refractivity contribution is 8.00. The Morgan fingerprint density at radius 2 is 2.33 bits per heavy atom. The van der Waals surface area contributed by atoms with Crippen LogP contribution in [0, 0.1) is 0 Å². The van der Waals surface area contributed by atoms with E-state index in [0.29, 0.717) is 10.4 Å². The topological polar surface area (TPSA) is 51.2 Å². The molecule has 0 unspecified atom stereocenters. The van der Waals surface area contributed by atoms with E-state index in [2.05, 4.69) is 21.3 Å². The number of hydrogen-bond donors (Lipinski definition) is 1. The number of hydrogen-bond acceptors (Lipinski definition) is 6. The van der Waals surface area contributed by atoms with E-state index >= 15 is 0 Å². The molecule has 1 saturated carbocycles. The predicted octanol–water partition coefficient (Wildman–Crippen LogP) is 3.02. The molecule has 1 aromatic rings. The van der Waals surface area contributed by atoms with Crippen LogP contribution in [0.4, 0.5) is 5.13 Å². The van der Waals surface area contributed by atoms with Crippen LogP contribution in [-0.2, 0) is 4.74 Å². The molecule has 4 nitrogen and oxygen atoms in total. The first kappa shape index (κ1) is 13.7. The van der Waals surface area contributed by atoms with E-state index in [0.717, 1.165) is 11.7 Å². The third-order valence-electron chi connectivity index (χ3n) is 3.41. The van der Waals surface area contributed by atoms with Crippen molar-refractivity contribution < 1.29 is 9.53 Å². The van der Waals surface area contributed by atoms with E-state index in [1.165, 1.54) is 44.1 Å². The van der Waals surface area contributed by atoms with Crippen LogP contribution >= 0.6 is 23.1 Å². The minimum atomic E-state index is -0.375. The SMILES string of the molecule is COC(=O)c1csc(NCC2(SC)CCCC2)n1. The van der Waals surface area contributed by atoms with Crippen molar-refractivity contribution in [1.82, 2.24) is 4.98 Å². The van der Waals surface area contributed by atoms with Gasteiger partial charge in [0.25, 0.3) is 0 Å². The van der Waals surface area contributed by atoms with E-state index in [1.807, 2.05) is 11.8 Å². The molecule has 100 valence electrons. The van der Waals surface area contributed by atoms with Gasteiger partial charge in [0.05, 0.1) is 7.11 Å². The summed E-state index contributed by atoms with van der Waals surface area (Å²) in [5.41, 5.74) is 0.384. The highest BCUT2D eigenvalue weighted by Crippen LogP contribution is 2.40. The number of thiazole rings is 1. The number of thioether (sulfide) groups is 1. The second kappa shape index (κ2) is 5.93. The Morgan fingerprint density at radius 1 is 1.61 bits per heavy atom. The summed E-state index contributed by atoms with van der Waals surface area (Å²) in [4.78, 5) is 15.5. The summed E-state index contributed by atoms with van der Waals surface area (Å²) in [5, 5.41) is 5.89. The number of carbonyl (C=O) groups is 1. The van der Waals surface area contributed by atoms with E-state index in [-0.39, 0.29) is 5.97 Å². The summed E-state index contributed by atoms with van der Waals surface area (Å²) in [5.74, 6) is -0.375. The normalized spacial score (nSPS) is 17.7. The zero-order chi connectivity index (χ0) is 13.0. The third kappa shape index (κ3) is 2.98. The highest BCUT2D eigenvalue weighted by Gasteiger charge is 2.32. The van der Waals surface area contributed by atoms with Gasteiger partial charge in [0.15, 0.2) is 10.8 Å². The van der Waals surface area contributed by atoms with Crippen molar-refractivity contribution in [2.24, 2.45) is 0 Å². The maximum absolute atomic E-state index is 11.3. The number of carbonyl (C=O) groups excluding carboxylic acids is 1. The largest absolute Gasteiger partial charge is 0.464 e. The maximum atomic E-state index is 11.3. The number of nitrogens with zero attached hydrogens (tertiary/aromatic N) is 1. The molecular formula is C12H18N2O2S2. The molecule has 0 bridgehead atoms. The molecule has 1 aliphatic rings. The molecule has 0 aromatic carbocycles. The monoisotopic (exact) mass is 286 g/mol. The lowest BCUT2D eigenvalue weighted by Crippen LogP contribution is -2.29. The summed E-state index contributed by atoms with van der Waals surface area (Å²) < 4.78 is 4.99. The van der Waals surface area contributed by atoms with Crippen LogP contribution in [0.15, 0.2) is 5.38 Å². The molecule has 1 heterocycles.